The van der Waals surface area contributed by atoms with E-state index >= 15 is 0 Å². The van der Waals surface area contributed by atoms with E-state index in [-0.39, 0.29) is 17.9 Å². The van der Waals surface area contributed by atoms with Gasteiger partial charge in [0.2, 0.25) is 0 Å². The Morgan fingerprint density at radius 2 is 1.84 bits per heavy atom. The molecule has 1 aromatic carbocycles. The highest BCUT2D eigenvalue weighted by atomic mass is 16.7. The molecule has 19 heavy (non-hydrogen) atoms. The van der Waals surface area contributed by atoms with Gasteiger partial charge in [-0.2, -0.15) is 0 Å². The molecule has 0 fully saturated rings. The molecule has 1 rings (SSSR count). The molecular formula is C15H22N2O2. The minimum atomic E-state index is -0.343. The molecule has 4 heteroatoms. The second-order valence-electron chi connectivity index (χ2n) is 4.60. The predicted octanol–water partition coefficient (Wildman–Crippen LogP) is 1.91. The Morgan fingerprint density at radius 1 is 1.26 bits per heavy atom. The first-order valence-corrected chi connectivity index (χ1v) is 6.18. The van der Waals surface area contributed by atoms with Crippen LogP contribution in [0.2, 0.25) is 0 Å². The first kappa shape index (κ1) is 15.4. The summed E-state index contributed by atoms with van der Waals surface area (Å²) in [4.78, 5) is 19.3. The first-order chi connectivity index (χ1) is 9.02. The summed E-state index contributed by atoms with van der Waals surface area (Å²) in [7, 11) is 6.86. The zero-order valence-electron chi connectivity index (χ0n) is 12.0. The lowest BCUT2D eigenvalue weighted by molar-refractivity contribution is -0.174. The largest absolute Gasteiger partial charge is 0.297 e. The number of hydrogen-bond donors (Lipinski definition) is 0. The van der Waals surface area contributed by atoms with Crippen molar-refractivity contribution in [2.75, 3.05) is 28.3 Å². The Labute approximate surface area is 115 Å². The van der Waals surface area contributed by atoms with Gasteiger partial charge >= 0.3 is 0 Å². The van der Waals surface area contributed by atoms with E-state index in [2.05, 4.69) is 6.58 Å². The van der Waals surface area contributed by atoms with Crippen LogP contribution in [0.3, 0.4) is 0 Å². The summed E-state index contributed by atoms with van der Waals surface area (Å²) in [5.74, 6) is -0.178. The van der Waals surface area contributed by atoms with Gasteiger partial charge in [0.05, 0.1) is 7.11 Å². The van der Waals surface area contributed by atoms with Crippen molar-refractivity contribution in [1.29, 1.82) is 0 Å². The fourth-order valence-electron chi connectivity index (χ4n) is 2.09. The van der Waals surface area contributed by atoms with Crippen LogP contribution in [0.15, 0.2) is 43.0 Å². The molecule has 1 aromatic rings. The lowest BCUT2D eigenvalue weighted by Gasteiger charge is -2.32. The highest BCUT2D eigenvalue weighted by Gasteiger charge is 2.31. The van der Waals surface area contributed by atoms with Crippen LogP contribution in [0.25, 0.3) is 0 Å². The molecule has 0 heterocycles. The number of likely N-dealkylation sites (N-methyl/N-ethyl adjacent to an activating group) is 2. The smallest absolute Gasteiger partial charge is 0.264 e. The fraction of sp³-hybridized carbons (Fsp3) is 0.400. The van der Waals surface area contributed by atoms with Crippen molar-refractivity contribution in [3.8, 4) is 0 Å². The van der Waals surface area contributed by atoms with Crippen LogP contribution >= 0.6 is 0 Å². The van der Waals surface area contributed by atoms with E-state index in [9.17, 15) is 4.79 Å². The van der Waals surface area contributed by atoms with Crippen molar-refractivity contribution < 1.29 is 9.63 Å². The van der Waals surface area contributed by atoms with Crippen molar-refractivity contribution in [2.24, 2.45) is 0 Å². The zero-order chi connectivity index (χ0) is 14.4. The first-order valence-electron chi connectivity index (χ1n) is 6.18. The molecule has 104 valence electrons. The van der Waals surface area contributed by atoms with E-state index in [1.165, 1.54) is 12.2 Å². The minimum Gasteiger partial charge on any atom is -0.297 e. The van der Waals surface area contributed by atoms with Crippen LogP contribution < -0.4 is 0 Å². The van der Waals surface area contributed by atoms with Crippen molar-refractivity contribution in [1.82, 2.24) is 9.96 Å². The molecule has 0 aliphatic rings. The van der Waals surface area contributed by atoms with Gasteiger partial charge < -0.3 is 0 Å². The molecule has 0 bridgehead atoms. The minimum absolute atomic E-state index is 0.0821. The van der Waals surface area contributed by atoms with Gasteiger partial charge in [-0.3, -0.25) is 14.5 Å². The van der Waals surface area contributed by atoms with Gasteiger partial charge in [0.15, 0.2) is 0 Å². The number of hydroxylamine groups is 2. The van der Waals surface area contributed by atoms with Gasteiger partial charge in [0, 0.05) is 13.0 Å². The maximum atomic E-state index is 12.4. The van der Waals surface area contributed by atoms with E-state index in [4.69, 9.17) is 4.84 Å². The van der Waals surface area contributed by atoms with Crippen molar-refractivity contribution in [3.05, 3.63) is 48.6 Å². The lowest BCUT2D eigenvalue weighted by atomic mass is 9.90. The van der Waals surface area contributed by atoms with E-state index in [0.717, 1.165) is 5.56 Å². The maximum absolute atomic E-state index is 12.4. The van der Waals surface area contributed by atoms with E-state index in [0.29, 0.717) is 0 Å². The van der Waals surface area contributed by atoms with Crippen molar-refractivity contribution in [2.45, 2.75) is 12.0 Å². The lowest BCUT2D eigenvalue weighted by Crippen LogP contribution is -2.47. The molecule has 0 aliphatic heterocycles. The molecule has 0 spiro atoms. The quantitative estimate of drug-likeness (QED) is 0.580. The number of rotatable bonds is 6. The average Bonchev–Trinajstić information content (AvgIpc) is 2.43. The topological polar surface area (TPSA) is 32.8 Å². The molecule has 0 aliphatic carbocycles. The monoisotopic (exact) mass is 262 g/mol. The normalized spacial score (nSPS) is 13.9. The molecule has 0 saturated heterocycles. The molecule has 0 radical (unpaired) electrons. The highest BCUT2D eigenvalue weighted by molar-refractivity contribution is 5.82. The van der Waals surface area contributed by atoms with Gasteiger partial charge in [-0.1, -0.05) is 36.4 Å². The summed E-state index contributed by atoms with van der Waals surface area (Å²) in [5.41, 5.74) is 1.06. The summed E-state index contributed by atoms with van der Waals surface area (Å²) >= 11 is 0. The summed E-state index contributed by atoms with van der Waals surface area (Å²) in [5, 5.41) is 1.25. The van der Waals surface area contributed by atoms with E-state index < -0.39 is 0 Å². The number of nitrogens with zero attached hydrogens (tertiary/aromatic N) is 2. The second-order valence-corrected chi connectivity index (χ2v) is 4.60. The van der Waals surface area contributed by atoms with Gasteiger partial charge in [-0.15, -0.1) is 6.58 Å². The third-order valence-electron chi connectivity index (χ3n) is 3.17. The van der Waals surface area contributed by atoms with Gasteiger partial charge in [-0.05, 0) is 19.7 Å². The number of carbonyl (C=O) groups is 1. The summed E-state index contributed by atoms with van der Waals surface area (Å²) < 4.78 is 0. The average molecular weight is 262 g/mol. The Balaban J connectivity index is 3.09. The Kier molecular flexibility index (Phi) is 5.73. The number of amides is 1. The van der Waals surface area contributed by atoms with E-state index in [1.807, 2.05) is 49.3 Å². The third-order valence-corrected chi connectivity index (χ3v) is 3.17. The predicted molar refractivity (Wildman–Crippen MR) is 76.6 cm³/mol. The fourth-order valence-corrected chi connectivity index (χ4v) is 2.09. The highest BCUT2D eigenvalue weighted by Crippen LogP contribution is 2.24. The van der Waals surface area contributed by atoms with E-state index in [1.54, 1.807) is 13.1 Å². The van der Waals surface area contributed by atoms with Gasteiger partial charge in [0.25, 0.3) is 5.91 Å². The molecule has 0 N–H and O–H groups in total. The molecule has 0 saturated carbocycles. The van der Waals surface area contributed by atoms with Crippen LogP contribution in [-0.4, -0.2) is 50.2 Å². The van der Waals surface area contributed by atoms with Gasteiger partial charge in [0.1, 0.15) is 6.04 Å². The van der Waals surface area contributed by atoms with Crippen LogP contribution in [0.4, 0.5) is 0 Å². The molecule has 1 amide bonds. The molecule has 1 unspecified atom stereocenters. The number of carbonyl (C=O) groups excluding carboxylic acids is 1. The van der Waals surface area contributed by atoms with Crippen molar-refractivity contribution >= 4 is 5.91 Å². The number of hydrogen-bond acceptors (Lipinski definition) is 3. The second kappa shape index (κ2) is 7.07. The molecular weight excluding hydrogens is 240 g/mol. The maximum Gasteiger partial charge on any atom is 0.264 e. The van der Waals surface area contributed by atoms with Crippen LogP contribution in [0, 0.1) is 0 Å². The standard InChI is InChI=1S/C15H22N2O2/c1-6-13(12-10-8-7-9-11-12)14(16(2)3)15(18)17(4)19-5/h6-11,13-14H,1H2,2-5H3/t13-,14?/m0/s1. The van der Waals surface area contributed by atoms with Crippen molar-refractivity contribution in [3.63, 3.8) is 0 Å². The summed E-state index contributed by atoms with van der Waals surface area (Å²) in [6, 6.07) is 9.54. The van der Waals surface area contributed by atoms with Gasteiger partial charge in [-0.25, -0.2) is 5.06 Å². The Bertz CT molecular complexity index is 417. The zero-order valence-corrected chi connectivity index (χ0v) is 12.0. The third kappa shape index (κ3) is 3.66. The molecule has 4 nitrogen and oxygen atoms in total. The van der Waals surface area contributed by atoms with Crippen LogP contribution in [0.5, 0.6) is 0 Å². The molecule has 0 aromatic heterocycles. The number of benzene rings is 1. The Hall–Kier alpha value is -1.65. The SMILES string of the molecule is C=C[C@@H](c1ccccc1)C(C(=O)N(C)OC)N(C)C. The Morgan fingerprint density at radius 3 is 2.26 bits per heavy atom. The molecule has 2 atom stereocenters. The van der Waals surface area contributed by atoms with Crippen LogP contribution in [0.1, 0.15) is 11.5 Å². The summed E-state index contributed by atoms with van der Waals surface area (Å²) in [6.07, 6.45) is 1.81. The summed E-state index contributed by atoms with van der Waals surface area (Å²) in [6.45, 7) is 3.87. The van der Waals surface area contributed by atoms with Crippen LogP contribution in [-0.2, 0) is 9.63 Å².